The fourth-order valence-electron chi connectivity index (χ4n) is 4.29. The lowest BCUT2D eigenvalue weighted by atomic mass is 9.78. The first kappa shape index (κ1) is 16.7. The van der Waals surface area contributed by atoms with Gasteiger partial charge in [0.05, 0.1) is 18.8 Å². The van der Waals surface area contributed by atoms with E-state index in [1.807, 2.05) is 13.8 Å². The molecule has 6 nitrogen and oxygen atoms in total. The van der Waals surface area contributed by atoms with Gasteiger partial charge < -0.3 is 20.3 Å². The van der Waals surface area contributed by atoms with E-state index in [2.05, 4.69) is 0 Å². The molecular weight excluding hydrogens is 294 g/mol. The standard InChI is InChI=1S/C17H29N3O3/c1-3-13-8-20(11(2)10-23-13)17(22)16(21)19-7-12-5-4-6-15(18)14(12)9-19/h11-15H,3-10,18H2,1-2H3. The number of fused-ring (bicyclic) bond motifs is 1. The summed E-state index contributed by atoms with van der Waals surface area (Å²) in [6.45, 7) is 6.34. The molecule has 0 radical (unpaired) electrons. The molecule has 3 aliphatic rings. The van der Waals surface area contributed by atoms with E-state index in [1.165, 1.54) is 0 Å². The Kier molecular flexibility index (Phi) is 4.92. The van der Waals surface area contributed by atoms with E-state index in [1.54, 1.807) is 9.80 Å². The Bertz CT molecular complexity index is 470. The number of amides is 2. The van der Waals surface area contributed by atoms with Crippen LogP contribution in [0.15, 0.2) is 0 Å². The van der Waals surface area contributed by atoms with Crippen LogP contribution in [0.1, 0.15) is 39.5 Å². The summed E-state index contributed by atoms with van der Waals surface area (Å²) in [5.74, 6) is 0.119. The Morgan fingerprint density at radius 3 is 2.65 bits per heavy atom. The van der Waals surface area contributed by atoms with Crippen molar-refractivity contribution in [3.8, 4) is 0 Å². The van der Waals surface area contributed by atoms with Crippen molar-refractivity contribution < 1.29 is 14.3 Å². The number of carbonyl (C=O) groups excluding carboxylic acids is 2. The zero-order valence-corrected chi connectivity index (χ0v) is 14.2. The molecule has 1 saturated carbocycles. The number of likely N-dealkylation sites (tertiary alicyclic amines) is 1. The van der Waals surface area contributed by atoms with E-state index in [0.29, 0.717) is 38.1 Å². The van der Waals surface area contributed by atoms with Crippen LogP contribution < -0.4 is 5.73 Å². The lowest BCUT2D eigenvalue weighted by Gasteiger charge is -2.38. The Balaban J connectivity index is 1.64. The van der Waals surface area contributed by atoms with Crippen molar-refractivity contribution in [1.82, 2.24) is 9.80 Å². The van der Waals surface area contributed by atoms with Gasteiger partial charge in [0.15, 0.2) is 0 Å². The number of hydrogen-bond acceptors (Lipinski definition) is 4. The Hall–Kier alpha value is -1.14. The summed E-state index contributed by atoms with van der Waals surface area (Å²) < 4.78 is 5.68. The van der Waals surface area contributed by atoms with Crippen LogP contribution in [0.4, 0.5) is 0 Å². The smallest absolute Gasteiger partial charge is 0.312 e. The molecule has 0 aromatic carbocycles. The predicted molar refractivity (Wildman–Crippen MR) is 86.6 cm³/mol. The molecule has 130 valence electrons. The minimum atomic E-state index is -0.369. The van der Waals surface area contributed by atoms with Crippen molar-refractivity contribution in [3.63, 3.8) is 0 Å². The third kappa shape index (κ3) is 3.24. The number of carbonyl (C=O) groups is 2. The number of rotatable bonds is 1. The highest BCUT2D eigenvalue weighted by Crippen LogP contribution is 2.35. The van der Waals surface area contributed by atoms with Crippen LogP contribution in [-0.2, 0) is 14.3 Å². The van der Waals surface area contributed by atoms with Crippen LogP contribution >= 0.6 is 0 Å². The van der Waals surface area contributed by atoms with Crippen molar-refractivity contribution in [1.29, 1.82) is 0 Å². The van der Waals surface area contributed by atoms with Gasteiger partial charge in [-0.05, 0) is 38.0 Å². The van der Waals surface area contributed by atoms with E-state index in [0.717, 1.165) is 25.7 Å². The van der Waals surface area contributed by atoms with Gasteiger partial charge in [0.1, 0.15) is 0 Å². The maximum absolute atomic E-state index is 12.7. The second-order valence-electron chi connectivity index (χ2n) is 7.40. The number of ether oxygens (including phenoxy) is 1. The maximum Gasteiger partial charge on any atom is 0.312 e. The molecule has 5 atom stereocenters. The third-order valence-corrected chi connectivity index (χ3v) is 5.85. The molecule has 3 rings (SSSR count). The number of hydrogen-bond donors (Lipinski definition) is 1. The van der Waals surface area contributed by atoms with Gasteiger partial charge in [-0.25, -0.2) is 0 Å². The first-order valence-electron chi connectivity index (χ1n) is 8.98. The highest BCUT2D eigenvalue weighted by atomic mass is 16.5. The Labute approximate surface area is 138 Å². The van der Waals surface area contributed by atoms with E-state index in [4.69, 9.17) is 10.5 Å². The van der Waals surface area contributed by atoms with Crippen LogP contribution in [0.3, 0.4) is 0 Å². The summed E-state index contributed by atoms with van der Waals surface area (Å²) in [5.41, 5.74) is 6.21. The number of nitrogens with zero attached hydrogens (tertiary/aromatic N) is 2. The first-order valence-corrected chi connectivity index (χ1v) is 8.98. The molecule has 0 bridgehead atoms. The number of nitrogens with two attached hydrogens (primary N) is 1. The average molecular weight is 323 g/mol. The maximum atomic E-state index is 12.7. The Morgan fingerprint density at radius 2 is 1.96 bits per heavy atom. The molecule has 5 unspecified atom stereocenters. The first-order chi connectivity index (χ1) is 11.0. The van der Waals surface area contributed by atoms with Gasteiger partial charge in [0.25, 0.3) is 0 Å². The van der Waals surface area contributed by atoms with E-state index in [-0.39, 0.29) is 30.0 Å². The molecule has 0 aromatic heterocycles. The van der Waals surface area contributed by atoms with Crippen molar-refractivity contribution in [2.24, 2.45) is 17.6 Å². The molecule has 3 fully saturated rings. The van der Waals surface area contributed by atoms with Crippen LogP contribution in [0.2, 0.25) is 0 Å². The summed E-state index contributed by atoms with van der Waals surface area (Å²) in [4.78, 5) is 28.8. The summed E-state index contributed by atoms with van der Waals surface area (Å²) >= 11 is 0. The van der Waals surface area contributed by atoms with Crippen molar-refractivity contribution in [2.45, 2.75) is 57.7 Å². The number of morpholine rings is 1. The highest BCUT2D eigenvalue weighted by molar-refractivity contribution is 6.35. The molecule has 6 heteroatoms. The monoisotopic (exact) mass is 323 g/mol. The normalized spacial score (nSPS) is 37.6. The molecular formula is C17H29N3O3. The largest absolute Gasteiger partial charge is 0.374 e. The SMILES string of the molecule is CCC1CN(C(=O)C(=O)N2CC3CCCC(N)C3C2)C(C)CO1. The molecule has 2 amide bonds. The van der Waals surface area contributed by atoms with E-state index >= 15 is 0 Å². The van der Waals surface area contributed by atoms with Crippen LogP contribution in [0.25, 0.3) is 0 Å². The molecule has 0 aromatic rings. The summed E-state index contributed by atoms with van der Waals surface area (Å²) in [6.07, 6.45) is 4.19. The minimum Gasteiger partial charge on any atom is -0.374 e. The fourth-order valence-corrected chi connectivity index (χ4v) is 4.29. The molecule has 23 heavy (non-hydrogen) atoms. The van der Waals surface area contributed by atoms with Crippen LogP contribution in [0.5, 0.6) is 0 Å². The van der Waals surface area contributed by atoms with Gasteiger partial charge in [0.2, 0.25) is 0 Å². The van der Waals surface area contributed by atoms with E-state index in [9.17, 15) is 9.59 Å². The average Bonchev–Trinajstić information content (AvgIpc) is 2.99. The predicted octanol–water partition coefficient (Wildman–Crippen LogP) is 0.598. The lowest BCUT2D eigenvalue weighted by Crippen LogP contribution is -2.55. The second kappa shape index (κ2) is 6.77. The topological polar surface area (TPSA) is 75.9 Å². The van der Waals surface area contributed by atoms with Crippen molar-refractivity contribution in [3.05, 3.63) is 0 Å². The molecule has 0 spiro atoms. The summed E-state index contributed by atoms with van der Waals surface area (Å²) in [7, 11) is 0. The quantitative estimate of drug-likeness (QED) is 0.717. The van der Waals surface area contributed by atoms with Gasteiger partial charge in [-0.15, -0.1) is 0 Å². The molecule has 1 aliphatic carbocycles. The highest BCUT2D eigenvalue weighted by Gasteiger charge is 2.43. The van der Waals surface area contributed by atoms with Gasteiger partial charge in [-0.1, -0.05) is 13.3 Å². The molecule has 2 saturated heterocycles. The fraction of sp³-hybridized carbons (Fsp3) is 0.882. The van der Waals surface area contributed by atoms with E-state index < -0.39 is 0 Å². The molecule has 2 aliphatic heterocycles. The van der Waals surface area contributed by atoms with Crippen LogP contribution in [-0.4, -0.2) is 66.0 Å². The molecule has 2 heterocycles. The van der Waals surface area contributed by atoms with Crippen LogP contribution in [0, 0.1) is 11.8 Å². The minimum absolute atomic E-state index is 0.0394. The summed E-state index contributed by atoms with van der Waals surface area (Å²) in [5, 5.41) is 0. The van der Waals surface area contributed by atoms with Crippen molar-refractivity contribution >= 4 is 11.8 Å². The second-order valence-corrected chi connectivity index (χ2v) is 7.40. The zero-order chi connectivity index (χ0) is 16.6. The van der Waals surface area contributed by atoms with Gasteiger partial charge in [0, 0.05) is 25.7 Å². The van der Waals surface area contributed by atoms with Gasteiger partial charge in [-0.2, -0.15) is 0 Å². The third-order valence-electron chi connectivity index (χ3n) is 5.85. The zero-order valence-electron chi connectivity index (χ0n) is 14.2. The summed E-state index contributed by atoms with van der Waals surface area (Å²) in [6, 6.07) is 0.134. The van der Waals surface area contributed by atoms with Gasteiger partial charge >= 0.3 is 11.8 Å². The molecule has 2 N–H and O–H groups in total. The lowest BCUT2D eigenvalue weighted by molar-refractivity contribution is -0.158. The van der Waals surface area contributed by atoms with Crippen molar-refractivity contribution in [2.75, 3.05) is 26.2 Å². The Morgan fingerprint density at radius 1 is 1.17 bits per heavy atom. The van der Waals surface area contributed by atoms with Gasteiger partial charge in [-0.3, -0.25) is 9.59 Å².